The predicted molar refractivity (Wildman–Crippen MR) is 116 cm³/mol. The minimum absolute atomic E-state index is 0.0448. The normalized spacial score (nSPS) is 14.8. The van der Waals surface area contributed by atoms with Crippen LogP contribution in [0.25, 0.3) is 0 Å². The van der Waals surface area contributed by atoms with Gasteiger partial charge in [-0.1, -0.05) is 41.9 Å². The highest BCUT2D eigenvalue weighted by molar-refractivity contribution is 6.31. The summed E-state index contributed by atoms with van der Waals surface area (Å²) in [6, 6.07) is 15.0. The Balaban J connectivity index is 1.43. The number of halogens is 2. The molecule has 4 rings (SSSR count). The third kappa shape index (κ3) is 4.59. The fourth-order valence-electron chi connectivity index (χ4n) is 3.74. The first-order valence-corrected chi connectivity index (χ1v) is 10.1. The molecule has 2 heterocycles. The van der Waals surface area contributed by atoms with E-state index >= 15 is 0 Å². The van der Waals surface area contributed by atoms with Crippen LogP contribution in [0.4, 0.5) is 27.4 Å². The molecular weight excluding hydrogens is 389 g/mol. The summed E-state index contributed by atoms with van der Waals surface area (Å²) >= 11 is 5.86. The second kappa shape index (κ2) is 8.66. The Hall–Kier alpha value is -2.86. The van der Waals surface area contributed by atoms with Gasteiger partial charge in [0, 0.05) is 18.8 Å². The van der Waals surface area contributed by atoms with Gasteiger partial charge in [0.15, 0.2) is 11.6 Å². The number of anilines is 4. The zero-order chi connectivity index (χ0) is 20.2. The molecule has 150 valence electrons. The molecule has 0 unspecified atom stereocenters. The Labute approximate surface area is 174 Å². The van der Waals surface area contributed by atoms with Gasteiger partial charge in [-0.15, -0.1) is 0 Å². The number of nitrogens with one attached hydrogen (secondary N) is 1. The summed E-state index contributed by atoms with van der Waals surface area (Å²) in [5.74, 6) is 1.42. The largest absolute Gasteiger partial charge is 0.393 e. The maximum Gasteiger partial charge on any atom is 0.159 e. The zero-order valence-corrected chi connectivity index (χ0v) is 16.7. The van der Waals surface area contributed by atoms with E-state index in [-0.39, 0.29) is 5.02 Å². The van der Waals surface area contributed by atoms with Crippen molar-refractivity contribution < 1.29 is 4.39 Å². The quantitative estimate of drug-likeness (QED) is 0.614. The average Bonchev–Trinajstić information content (AvgIpc) is 2.74. The van der Waals surface area contributed by atoms with Crippen LogP contribution in [0.1, 0.15) is 18.4 Å². The van der Waals surface area contributed by atoms with Gasteiger partial charge >= 0.3 is 0 Å². The van der Waals surface area contributed by atoms with Gasteiger partial charge in [-0.2, -0.15) is 0 Å². The van der Waals surface area contributed by atoms with Gasteiger partial charge in [-0.25, -0.2) is 14.4 Å². The topological polar surface area (TPSA) is 67.1 Å². The molecule has 1 saturated heterocycles. The van der Waals surface area contributed by atoms with E-state index in [1.54, 1.807) is 6.07 Å². The summed E-state index contributed by atoms with van der Waals surface area (Å²) in [5.41, 5.74) is 8.84. The number of rotatable bonds is 5. The molecule has 0 atom stereocenters. The molecule has 0 saturated carbocycles. The number of nitrogen functional groups attached to an aromatic ring is 1. The first-order valence-electron chi connectivity index (χ1n) is 9.71. The molecule has 3 aromatic rings. The molecule has 0 amide bonds. The lowest BCUT2D eigenvalue weighted by Crippen LogP contribution is -2.35. The van der Waals surface area contributed by atoms with E-state index in [1.165, 1.54) is 24.0 Å². The van der Waals surface area contributed by atoms with E-state index in [4.69, 9.17) is 17.3 Å². The minimum atomic E-state index is -0.466. The molecule has 1 aliphatic heterocycles. The van der Waals surface area contributed by atoms with Crippen LogP contribution in [-0.2, 0) is 6.42 Å². The van der Waals surface area contributed by atoms with Crippen LogP contribution in [0.3, 0.4) is 0 Å². The molecule has 1 aliphatic rings. The number of nitrogens with zero attached hydrogens (tertiary/aromatic N) is 3. The van der Waals surface area contributed by atoms with E-state index in [0.29, 0.717) is 23.1 Å². The number of hydrogen-bond acceptors (Lipinski definition) is 5. The minimum Gasteiger partial charge on any atom is -0.393 e. The monoisotopic (exact) mass is 411 g/mol. The van der Waals surface area contributed by atoms with Crippen molar-refractivity contribution in [3.8, 4) is 0 Å². The molecule has 7 heteroatoms. The van der Waals surface area contributed by atoms with Gasteiger partial charge in [-0.3, -0.25) is 0 Å². The Morgan fingerprint density at radius 1 is 1.10 bits per heavy atom. The van der Waals surface area contributed by atoms with Crippen molar-refractivity contribution >= 4 is 34.6 Å². The Kier molecular flexibility index (Phi) is 5.81. The van der Waals surface area contributed by atoms with Gasteiger partial charge in [0.05, 0.1) is 5.02 Å². The van der Waals surface area contributed by atoms with Crippen molar-refractivity contribution in [2.24, 2.45) is 5.92 Å². The highest BCUT2D eigenvalue weighted by atomic mass is 35.5. The maximum atomic E-state index is 13.4. The number of aromatic nitrogens is 2. The molecule has 2 aromatic carbocycles. The Morgan fingerprint density at radius 2 is 1.86 bits per heavy atom. The lowest BCUT2D eigenvalue weighted by Gasteiger charge is -2.33. The first-order chi connectivity index (χ1) is 14.1. The number of benzene rings is 2. The SMILES string of the molecule is Nc1c(Nc2ccc(F)c(Cl)c2)ncnc1N1CCC(Cc2ccccc2)CC1. The highest BCUT2D eigenvalue weighted by Gasteiger charge is 2.23. The number of nitrogens with two attached hydrogens (primary N) is 1. The fraction of sp³-hybridized carbons (Fsp3) is 0.273. The van der Waals surface area contributed by atoms with Crippen molar-refractivity contribution in [3.63, 3.8) is 0 Å². The van der Waals surface area contributed by atoms with E-state index in [0.717, 1.165) is 38.2 Å². The number of hydrogen-bond donors (Lipinski definition) is 2. The summed E-state index contributed by atoms with van der Waals surface area (Å²) < 4.78 is 13.4. The Morgan fingerprint density at radius 3 is 2.59 bits per heavy atom. The summed E-state index contributed by atoms with van der Waals surface area (Å²) in [7, 11) is 0. The lowest BCUT2D eigenvalue weighted by atomic mass is 9.90. The van der Waals surface area contributed by atoms with Crippen LogP contribution in [0.5, 0.6) is 0 Å². The van der Waals surface area contributed by atoms with Gasteiger partial charge in [0.1, 0.15) is 17.8 Å². The third-order valence-corrected chi connectivity index (χ3v) is 5.62. The van der Waals surface area contributed by atoms with Crippen molar-refractivity contribution in [2.75, 3.05) is 29.0 Å². The van der Waals surface area contributed by atoms with Crippen LogP contribution >= 0.6 is 11.6 Å². The van der Waals surface area contributed by atoms with Gasteiger partial charge in [0.25, 0.3) is 0 Å². The van der Waals surface area contributed by atoms with E-state index in [1.807, 2.05) is 0 Å². The summed E-state index contributed by atoms with van der Waals surface area (Å²) in [6.07, 6.45) is 4.78. The molecule has 3 N–H and O–H groups in total. The molecule has 5 nitrogen and oxygen atoms in total. The predicted octanol–water partition coefficient (Wildman–Crippen LogP) is 5.05. The van der Waals surface area contributed by atoms with Crippen LogP contribution in [0, 0.1) is 11.7 Å². The first kappa shape index (κ1) is 19.5. The van der Waals surface area contributed by atoms with E-state index < -0.39 is 5.82 Å². The fourth-order valence-corrected chi connectivity index (χ4v) is 3.93. The van der Waals surface area contributed by atoms with E-state index in [2.05, 4.69) is 50.5 Å². The second-order valence-corrected chi connectivity index (χ2v) is 7.74. The highest BCUT2D eigenvalue weighted by Crippen LogP contribution is 2.32. The standard InChI is InChI=1S/C22H23ClFN5/c23-18-13-17(6-7-19(18)24)28-21-20(25)22(27-14-26-21)29-10-8-16(9-11-29)12-15-4-2-1-3-5-15/h1-7,13-14,16H,8-12,25H2,(H,26,27,28). The molecule has 0 radical (unpaired) electrons. The van der Waals surface area contributed by atoms with Crippen molar-refractivity contribution in [1.82, 2.24) is 9.97 Å². The summed E-state index contributed by atoms with van der Waals surface area (Å²) in [4.78, 5) is 10.9. The molecule has 1 aromatic heterocycles. The maximum absolute atomic E-state index is 13.4. The number of piperidine rings is 1. The third-order valence-electron chi connectivity index (χ3n) is 5.33. The summed E-state index contributed by atoms with van der Waals surface area (Å²) in [5, 5.41) is 3.15. The smallest absolute Gasteiger partial charge is 0.159 e. The molecule has 0 aliphatic carbocycles. The van der Waals surface area contributed by atoms with Gasteiger partial charge in [0.2, 0.25) is 0 Å². The molecular formula is C22H23ClFN5. The van der Waals surface area contributed by atoms with Crippen molar-refractivity contribution in [1.29, 1.82) is 0 Å². The second-order valence-electron chi connectivity index (χ2n) is 7.33. The van der Waals surface area contributed by atoms with E-state index in [9.17, 15) is 4.39 Å². The molecule has 0 bridgehead atoms. The summed E-state index contributed by atoms with van der Waals surface area (Å²) in [6.45, 7) is 1.81. The van der Waals surface area contributed by atoms with Crippen LogP contribution in [0.2, 0.25) is 5.02 Å². The van der Waals surface area contributed by atoms with Crippen molar-refractivity contribution in [2.45, 2.75) is 19.3 Å². The Bertz CT molecular complexity index is 974. The molecule has 0 spiro atoms. The average molecular weight is 412 g/mol. The van der Waals surface area contributed by atoms with Crippen LogP contribution < -0.4 is 16.0 Å². The van der Waals surface area contributed by atoms with Gasteiger partial charge < -0.3 is 16.0 Å². The zero-order valence-electron chi connectivity index (χ0n) is 16.0. The van der Waals surface area contributed by atoms with Crippen LogP contribution in [-0.4, -0.2) is 23.1 Å². The van der Waals surface area contributed by atoms with Crippen molar-refractivity contribution in [3.05, 3.63) is 71.3 Å². The van der Waals surface area contributed by atoms with Gasteiger partial charge in [-0.05, 0) is 48.9 Å². The molecule has 1 fully saturated rings. The molecule has 29 heavy (non-hydrogen) atoms. The lowest BCUT2D eigenvalue weighted by molar-refractivity contribution is 0.402. The van der Waals surface area contributed by atoms with Crippen LogP contribution in [0.15, 0.2) is 54.9 Å².